The van der Waals surface area contributed by atoms with E-state index in [1.165, 1.54) is 30.7 Å². The van der Waals surface area contributed by atoms with Gasteiger partial charge in [0.2, 0.25) is 0 Å². The van der Waals surface area contributed by atoms with Crippen LogP contribution in [-0.4, -0.2) is 30.2 Å². The molecule has 10 atom stereocenters. The van der Waals surface area contributed by atoms with E-state index in [1.807, 2.05) is 27.9 Å². The minimum Gasteiger partial charge on any atom is -0.368 e. The van der Waals surface area contributed by atoms with Gasteiger partial charge in [0, 0.05) is 47.3 Å². The Kier molecular flexibility index (Phi) is 4.22. The zero-order valence-electron chi connectivity index (χ0n) is 21.9. The molecule has 6 heterocycles. The van der Waals surface area contributed by atoms with Gasteiger partial charge in [-0.2, -0.15) is 0 Å². The van der Waals surface area contributed by atoms with E-state index in [0.29, 0.717) is 46.8 Å². The third-order valence-electron chi connectivity index (χ3n) is 11.8. The summed E-state index contributed by atoms with van der Waals surface area (Å²) >= 11 is 2.28. The van der Waals surface area contributed by atoms with Crippen LogP contribution in [0.1, 0.15) is 63.7 Å². The summed E-state index contributed by atoms with van der Waals surface area (Å²) < 4.78 is 6.59. The van der Waals surface area contributed by atoms with Gasteiger partial charge in [0.1, 0.15) is 6.10 Å². The van der Waals surface area contributed by atoms with E-state index in [1.54, 1.807) is 22.3 Å². The minimum absolute atomic E-state index is 0.168. The topological polar surface area (TPSA) is 21.3 Å². The number of allylic oxidation sites excluding steroid dienone is 2. The highest BCUT2D eigenvalue weighted by Crippen LogP contribution is 2.67. The van der Waals surface area contributed by atoms with E-state index in [2.05, 4.69) is 69.0 Å². The number of fused-ring (bicyclic) bond motifs is 4. The summed E-state index contributed by atoms with van der Waals surface area (Å²) in [5.41, 5.74) is 17.4. The average molecular weight is 496 g/mol. The Morgan fingerprint density at radius 2 is 1.39 bits per heavy atom. The predicted octanol–water partition coefficient (Wildman–Crippen LogP) is 6.74. The van der Waals surface area contributed by atoms with E-state index in [-0.39, 0.29) is 6.10 Å². The molecule has 10 unspecified atom stereocenters. The first kappa shape index (κ1) is 21.4. The van der Waals surface area contributed by atoms with Crippen molar-refractivity contribution in [1.82, 2.24) is 5.32 Å². The van der Waals surface area contributed by atoms with Gasteiger partial charge >= 0.3 is 0 Å². The van der Waals surface area contributed by atoms with Crippen molar-refractivity contribution in [1.29, 1.82) is 0 Å². The molecule has 11 aliphatic rings. The van der Waals surface area contributed by atoms with Gasteiger partial charge in [-0.3, -0.25) is 0 Å². The maximum atomic E-state index is 6.59. The smallest absolute Gasteiger partial charge is 0.105 e. The number of hydrogen-bond donors (Lipinski definition) is 1. The number of thioether (sulfide) groups is 1. The predicted molar refractivity (Wildman–Crippen MR) is 147 cm³/mol. The summed E-state index contributed by atoms with van der Waals surface area (Å²) in [5.74, 6) is 5.49. The largest absolute Gasteiger partial charge is 0.368 e. The molecular formula is C33H37NOS. The molecule has 1 aromatic rings. The zero-order chi connectivity index (χ0) is 24.0. The lowest BCUT2D eigenvalue weighted by atomic mass is 9.52. The van der Waals surface area contributed by atoms with E-state index >= 15 is 0 Å². The molecule has 6 aliphatic heterocycles. The second-order valence-electron chi connectivity index (χ2n) is 12.9. The van der Waals surface area contributed by atoms with Crippen molar-refractivity contribution < 1.29 is 4.74 Å². The van der Waals surface area contributed by atoms with Crippen LogP contribution in [0.25, 0.3) is 0 Å². The van der Waals surface area contributed by atoms with Crippen molar-refractivity contribution in [3.05, 3.63) is 80.0 Å². The minimum atomic E-state index is 0.168. The molecule has 0 saturated carbocycles. The standard InChI is InChI=1S/C33H37NOS/c1-14-24-18-9-10-23(34-11-18)28(24)16(3)30-26(14)22-13-36-33(30)31-17(4)29-25(15(2)27(22)31)21-12-35-32(29)20-8-6-5-7-19(20)21/h5-8,14-18,21-23,32-34H,9-13H2,1-4H3. The molecule has 0 radical (unpaired) electrons. The molecule has 3 heteroatoms. The zero-order valence-corrected chi connectivity index (χ0v) is 22.8. The summed E-state index contributed by atoms with van der Waals surface area (Å²) in [7, 11) is 0. The number of nitrogens with one attached hydrogen (secondary N) is 1. The van der Waals surface area contributed by atoms with E-state index in [9.17, 15) is 0 Å². The van der Waals surface area contributed by atoms with Crippen molar-refractivity contribution >= 4 is 11.8 Å². The molecule has 0 spiro atoms. The summed E-state index contributed by atoms with van der Waals surface area (Å²) in [6, 6.07) is 9.80. The van der Waals surface area contributed by atoms with Crippen LogP contribution in [-0.2, 0) is 4.74 Å². The van der Waals surface area contributed by atoms with E-state index in [4.69, 9.17) is 4.74 Å². The normalized spacial score (nSPS) is 45.6. The van der Waals surface area contributed by atoms with Gasteiger partial charge in [-0.05, 0) is 64.0 Å². The van der Waals surface area contributed by atoms with Crippen molar-refractivity contribution in [2.45, 2.75) is 63.9 Å². The summed E-state index contributed by atoms with van der Waals surface area (Å²) in [6.45, 7) is 12.4. The molecule has 0 amide bonds. The van der Waals surface area contributed by atoms with Gasteiger partial charge in [0.25, 0.3) is 0 Å². The molecule has 0 aromatic heterocycles. The Labute approximate surface area is 219 Å². The number of piperidine rings is 1. The second-order valence-corrected chi connectivity index (χ2v) is 14.1. The Balaban J connectivity index is 1.19. The van der Waals surface area contributed by atoms with Gasteiger partial charge in [-0.1, -0.05) is 74.3 Å². The molecule has 186 valence electrons. The molecule has 2 nitrogen and oxygen atoms in total. The SMILES string of the molecule is CC1C2=C(C3CCC2CN3)C(C)C2=C1C1CSC2C2=C1C(C)C1=C(C2C)C2OCC1c1ccccc12. The molecular weight excluding hydrogens is 458 g/mol. The lowest BCUT2D eigenvalue weighted by Gasteiger charge is -2.59. The van der Waals surface area contributed by atoms with Crippen LogP contribution >= 0.6 is 11.8 Å². The quantitative estimate of drug-likeness (QED) is 0.403. The Morgan fingerprint density at radius 1 is 0.722 bits per heavy atom. The fourth-order valence-corrected chi connectivity index (χ4v) is 12.4. The maximum Gasteiger partial charge on any atom is 0.105 e. The van der Waals surface area contributed by atoms with Crippen molar-refractivity contribution in [3.8, 4) is 0 Å². The van der Waals surface area contributed by atoms with Gasteiger partial charge in [-0.25, -0.2) is 0 Å². The van der Waals surface area contributed by atoms with Crippen molar-refractivity contribution in [2.75, 3.05) is 18.9 Å². The number of ether oxygens (including phenoxy) is 1. The highest BCUT2D eigenvalue weighted by Gasteiger charge is 2.56. The third kappa shape index (κ3) is 2.33. The highest BCUT2D eigenvalue weighted by molar-refractivity contribution is 8.00. The Morgan fingerprint density at radius 3 is 2.14 bits per heavy atom. The van der Waals surface area contributed by atoms with E-state index in [0.717, 1.165) is 12.5 Å². The number of benzene rings is 1. The Hall–Kier alpha value is -1.55. The van der Waals surface area contributed by atoms with Gasteiger partial charge in [0.15, 0.2) is 0 Å². The molecule has 12 rings (SSSR count). The molecule has 1 N–H and O–H groups in total. The summed E-state index contributed by atoms with van der Waals surface area (Å²) in [6.07, 6.45) is 2.92. The molecule has 1 aromatic carbocycles. The first-order valence-corrected chi connectivity index (χ1v) is 15.6. The lowest BCUT2D eigenvalue weighted by Crippen LogP contribution is -2.54. The number of hydrogen-bond acceptors (Lipinski definition) is 3. The lowest BCUT2D eigenvalue weighted by molar-refractivity contribution is 0.0316. The average Bonchev–Trinajstić information content (AvgIpc) is 2.94. The van der Waals surface area contributed by atoms with Crippen molar-refractivity contribution in [3.63, 3.8) is 0 Å². The van der Waals surface area contributed by atoms with Crippen molar-refractivity contribution in [2.24, 2.45) is 35.5 Å². The third-order valence-corrected chi connectivity index (χ3v) is 13.1. The molecule has 6 bridgehead atoms. The molecule has 36 heavy (non-hydrogen) atoms. The fourth-order valence-electron chi connectivity index (χ4n) is 10.6. The van der Waals surface area contributed by atoms with E-state index < -0.39 is 0 Å². The van der Waals surface area contributed by atoms with Gasteiger partial charge < -0.3 is 10.1 Å². The van der Waals surface area contributed by atoms with Crippen LogP contribution < -0.4 is 5.32 Å². The molecule has 1 fully saturated rings. The second kappa shape index (κ2) is 7.10. The summed E-state index contributed by atoms with van der Waals surface area (Å²) in [4.78, 5) is 0. The van der Waals surface area contributed by atoms with Gasteiger partial charge in [-0.15, -0.1) is 11.8 Å². The first-order chi connectivity index (χ1) is 17.6. The maximum absolute atomic E-state index is 6.59. The molecule has 1 saturated heterocycles. The van der Waals surface area contributed by atoms with Crippen LogP contribution in [0.2, 0.25) is 0 Å². The monoisotopic (exact) mass is 495 g/mol. The first-order valence-electron chi connectivity index (χ1n) is 14.6. The van der Waals surface area contributed by atoms with Gasteiger partial charge in [0.05, 0.1) is 6.61 Å². The van der Waals surface area contributed by atoms with Crippen LogP contribution in [0, 0.1) is 35.5 Å². The van der Waals surface area contributed by atoms with Crippen LogP contribution in [0.5, 0.6) is 0 Å². The van der Waals surface area contributed by atoms with Crippen LogP contribution in [0.15, 0.2) is 68.9 Å². The van der Waals surface area contributed by atoms with Crippen LogP contribution in [0.4, 0.5) is 0 Å². The Bertz CT molecular complexity index is 1250. The van der Waals surface area contributed by atoms with Crippen LogP contribution in [0.3, 0.4) is 0 Å². The highest BCUT2D eigenvalue weighted by atomic mass is 32.2. The molecule has 5 aliphatic carbocycles. The fraction of sp³-hybridized carbons (Fsp3) is 0.576. The summed E-state index contributed by atoms with van der Waals surface area (Å²) in [5, 5.41) is 4.50. The number of rotatable bonds is 0.